The fraction of sp³-hybridized carbons (Fsp3) is 0.192. The van der Waals surface area contributed by atoms with Crippen molar-refractivity contribution in [1.82, 2.24) is 4.90 Å². The number of anilines is 2. The molecule has 2 aliphatic rings. The molecule has 2 atom stereocenters. The van der Waals surface area contributed by atoms with Gasteiger partial charge < -0.3 is 10.2 Å². The van der Waals surface area contributed by atoms with Gasteiger partial charge in [0.2, 0.25) is 5.91 Å². The summed E-state index contributed by atoms with van der Waals surface area (Å²) in [6.45, 7) is 1.72. The van der Waals surface area contributed by atoms with Gasteiger partial charge in [-0.15, -0.1) is 0 Å². The summed E-state index contributed by atoms with van der Waals surface area (Å²) in [6.07, 6.45) is 0.708. The molecule has 3 aromatic carbocycles. The Hall–Kier alpha value is -3.93. The van der Waals surface area contributed by atoms with Crippen molar-refractivity contribution in [3.8, 4) is 0 Å². The van der Waals surface area contributed by atoms with Crippen LogP contribution in [0.5, 0.6) is 0 Å². The van der Waals surface area contributed by atoms with Crippen molar-refractivity contribution in [2.75, 3.05) is 16.8 Å². The fourth-order valence-corrected chi connectivity index (χ4v) is 4.66. The van der Waals surface area contributed by atoms with Crippen LogP contribution in [0.3, 0.4) is 0 Å². The number of nitrogens with one attached hydrogen (secondary N) is 1. The second kappa shape index (κ2) is 7.96. The summed E-state index contributed by atoms with van der Waals surface area (Å²) in [6, 6.07) is 24.4. The number of carbonyl (C=O) groups is 3. The quantitative estimate of drug-likeness (QED) is 0.634. The van der Waals surface area contributed by atoms with E-state index < -0.39 is 11.8 Å². The van der Waals surface area contributed by atoms with E-state index in [1.54, 1.807) is 29.2 Å². The second-order valence-electron chi connectivity index (χ2n) is 8.21. The molecule has 6 heteroatoms. The number of hydrogen-bond acceptors (Lipinski definition) is 4. The van der Waals surface area contributed by atoms with Crippen LogP contribution >= 0.6 is 0 Å². The zero-order valence-corrected chi connectivity index (χ0v) is 17.7. The van der Waals surface area contributed by atoms with Crippen molar-refractivity contribution < 1.29 is 14.4 Å². The van der Waals surface area contributed by atoms with E-state index in [-0.39, 0.29) is 24.5 Å². The van der Waals surface area contributed by atoms with Crippen LogP contribution in [0.25, 0.3) is 0 Å². The molecule has 160 valence electrons. The first-order chi connectivity index (χ1) is 15.5. The molecule has 5 rings (SSSR count). The number of carbonyl (C=O) groups excluding carboxylic acids is 3. The lowest BCUT2D eigenvalue weighted by atomic mass is 9.91. The van der Waals surface area contributed by atoms with Gasteiger partial charge in [0.05, 0.1) is 17.2 Å². The lowest BCUT2D eigenvalue weighted by Crippen LogP contribution is -2.49. The van der Waals surface area contributed by atoms with Gasteiger partial charge in [-0.05, 0) is 49.2 Å². The Kier molecular flexibility index (Phi) is 4.98. The lowest BCUT2D eigenvalue weighted by Gasteiger charge is -2.40. The SMILES string of the molecule is C[C@@H]1C[C@H](Nc2ccccc2)c2ccccc2N1C(=O)CN1C(=O)c2ccccc2C1=O. The number of para-hydroxylation sites is 2. The van der Waals surface area contributed by atoms with E-state index in [1.807, 2.05) is 61.5 Å². The Morgan fingerprint density at radius 3 is 2.16 bits per heavy atom. The van der Waals surface area contributed by atoms with Crippen molar-refractivity contribution in [3.05, 3.63) is 95.6 Å². The van der Waals surface area contributed by atoms with Gasteiger partial charge in [0.15, 0.2) is 0 Å². The number of fused-ring (bicyclic) bond motifs is 2. The molecular weight excluding hydrogens is 402 g/mol. The van der Waals surface area contributed by atoms with Crippen LogP contribution in [0, 0.1) is 0 Å². The molecule has 32 heavy (non-hydrogen) atoms. The molecule has 0 aliphatic carbocycles. The largest absolute Gasteiger partial charge is 0.378 e. The van der Waals surface area contributed by atoms with E-state index in [0.29, 0.717) is 17.5 Å². The minimum absolute atomic E-state index is 0.0481. The van der Waals surface area contributed by atoms with Crippen LogP contribution in [0.1, 0.15) is 45.7 Å². The van der Waals surface area contributed by atoms with E-state index in [0.717, 1.165) is 21.8 Å². The van der Waals surface area contributed by atoms with Crippen molar-refractivity contribution in [1.29, 1.82) is 0 Å². The fourth-order valence-electron chi connectivity index (χ4n) is 4.66. The van der Waals surface area contributed by atoms with Crippen molar-refractivity contribution in [2.45, 2.75) is 25.4 Å². The summed E-state index contributed by atoms with van der Waals surface area (Å²) in [5.41, 5.74) is 3.55. The number of hydrogen-bond donors (Lipinski definition) is 1. The number of rotatable bonds is 4. The average molecular weight is 425 g/mol. The smallest absolute Gasteiger partial charge is 0.262 e. The maximum absolute atomic E-state index is 13.4. The highest BCUT2D eigenvalue weighted by Gasteiger charge is 2.39. The van der Waals surface area contributed by atoms with Crippen LogP contribution in [0.15, 0.2) is 78.9 Å². The normalized spacial score (nSPS) is 19.5. The third kappa shape index (κ3) is 3.34. The number of imide groups is 1. The van der Waals surface area contributed by atoms with Crippen molar-refractivity contribution in [2.24, 2.45) is 0 Å². The number of benzene rings is 3. The zero-order chi connectivity index (χ0) is 22.2. The van der Waals surface area contributed by atoms with Crippen LogP contribution in [-0.2, 0) is 4.79 Å². The van der Waals surface area contributed by atoms with Gasteiger partial charge in [-0.2, -0.15) is 0 Å². The Morgan fingerprint density at radius 1 is 0.875 bits per heavy atom. The molecule has 3 amide bonds. The van der Waals surface area contributed by atoms with E-state index in [9.17, 15) is 14.4 Å². The van der Waals surface area contributed by atoms with Crippen LogP contribution in [-0.4, -0.2) is 35.2 Å². The molecular formula is C26H23N3O3. The molecule has 0 unspecified atom stereocenters. The first kappa shape index (κ1) is 20.0. The average Bonchev–Trinajstić information content (AvgIpc) is 3.05. The van der Waals surface area contributed by atoms with Crippen LogP contribution < -0.4 is 10.2 Å². The first-order valence-electron chi connectivity index (χ1n) is 10.7. The number of amides is 3. The van der Waals surface area contributed by atoms with E-state index in [4.69, 9.17) is 0 Å². The minimum atomic E-state index is -0.416. The molecule has 0 bridgehead atoms. The summed E-state index contributed by atoms with van der Waals surface area (Å²) in [4.78, 5) is 41.6. The minimum Gasteiger partial charge on any atom is -0.378 e. The zero-order valence-electron chi connectivity index (χ0n) is 17.7. The van der Waals surface area contributed by atoms with Gasteiger partial charge in [0.25, 0.3) is 11.8 Å². The van der Waals surface area contributed by atoms with E-state index in [2.05, 4.69) is 5.32 Å². The predicted octanol–water partition coefficient (Wildman–Crippen LogP) is 4.26. The van der Waals surface area contributed by atoms with Crippen molar-refractivity contribution in [3.63, 3.8) is 0 Å². The first-order valence-corrected chi connectivity index (χ1v) is 10.7. The third-order valence-corrected chi connectivity index (χ3v) is 6.14. The number of nitrogens with zero attached hydrogens (tertiary/aromatic N) is 2. The molecule has 0 saturated carbocycles. The summed E-state index contributed by atoms with van der Waals surface area (Å²) >= 11 is 0. The van der Waals surface area contributed by atoms with Gasteiger partial charge >= 0.3 is 0 Å². The predicted molar refractivity (Wildman–Crippen MR) is 123 cm³/mol. The molecule has 0 spiro atoms. The summed E-state index contributed by atoms with van der Waals surface area (Å²) < 4.78 is 0. The summed E-state index contributed by atoms with van der Waals surface area (Å²) in [5.74, 6) is -1.10. The molecule has 3 aromatic rings. The monoisotopic (exact) mass is 425 g/mol. The Morgan fingerprint density at radius 2 is 1.47 bits per heavy atom. The van der Waals surface area contributed by atoms with Crippen molar-refractivity contribution >= 4 is 29.1 Å². The molecule has 0 aromatic heterocycles. The molecule has 6 nitrogen and oxygen atoms in total. The summed E-state index contributed by atoms with van der Waals surface area (Å²) in [5, 5.41) is 3.57. The van der Waals surface area contributed by atoms with Crippen LogP contribution in [0.2, 0.25) is 0 Å². The molecule has 2 heterocycles. The Balaban J connectivity index is 1.41. The molecule has 0 saturated heterocycles. The van der Waals surface area contributed by atoms with Gasteiger partial charge in [0, 0.05) is 17.4 Å². The van der Waals surface area contributed by atoms with E-state index >= 15 is 0 Å². The van der Waals surface area contributed by atoms with Gasteiger partial charge in [-0.1, -0.05) is 48.5 Å². The second-order valence-corrected chi connectivity index (χ2v) is 8.21. The maximum Gasteiger partial charge on any atom is 0.262 e. The molecule has 1 N–H and O–H groups in total. The highest BCUT2D eigenvalue weighted by molar-refractivity contribution is 6.22. The third-order valence-electron chi connectivity index (χ3n) is 6.14. The highest BCUT2D eigenvalue weighted by Crippen LogP contribution is 2.39. The Bertz CT molecular complexity index is 1170. The maximum atomic E-state index is 13.4. The van der Waals surface area contributed by atoms with Gasteiger partial charge in [0.1, 0.15) is 6.54 Å². The topological polar surface area (TPSA) is 69.7 Å². The van der Waals surface area contributed by atoms with Crippen LogP contribution in [0.4, 0.5) is 11.4 Å². The van der Waals surface area contributed by atoms with E-state index in [1.165, 1.54) is 0 Å². The highest BCUT2D eigenvalue weighted by atomic mass is 16.2. The van der Waals surface area contributed by atoms with Gasteiger partial charge in [-0.25, -0.2) is 0 Å². The molecule has 0 fully saturated rings. The molecule has 2 aliphatic heterocycles. The Labute approximate surface area is 186 Å². The standard InChI is InChI=1S/C26H23N3O3/c1-17-15-22(27-18-9-3-2-4-10-18)21-13-7-8-14-23(21)29(17)24(30)16-28-25(31)19-11-5-6-12-20(19)26(28)32/h2-14,17,22,27H,15-16H2,1H3/t17-,22+/m1/s1. The molecule has 0 radical (unpaired) electrons. The lowest BCUT2D eigenvalue weighted by molar-refractivity contribution is -0.119. The summed E-state index contributed by atoms with van der Waals surface area (Å²) in [7, 11) is 0. The van der Waals surface area contributed by atoms with Gasteiger partial charge in [-0.3, -0.25) is 19.3 Å².